The van der Waals surface area contributed by atoms with Crippen LogP contribution in [0.2, 0.25) is 0 Å². The number of aromatic amines is 1. The number of ether oxygens (including phenoxy) is 1. The zero-order valence-corrected chi connectivity index (χ0v) is 22.7. The number of likely N-dealkylation sites (tertiary alicyclic amines) is 1. The Morgan fingerprint density at radius 3 is 2.48 bits per heavy atom. The van der Waals surface area contributed by atoms with Crippen molar-refractivity contribution in [2.75, 3.05) is 24.6 Å². The molecule has 206 valence electrons. The van der Waals surface area contributed by atoms with Gasteiger partial charge in [-0.15, -0.1) is 0 Å². The van der Waals surface area contributed by atoms with E-state index in [4.69, 9.17) is 4.74 Å². The van der Waals surface area contributed by atoms with Gasteiger partial charge in [0.05, 0.1) is 21.6 Å². The maximum absolute atomic E-state index is 13.9. The number of benzene rings is 2. The highest BCUT2D eigenvalue weighted by atomic mass is 32.2. The topological polar surface area (TPSA) is 143 Å². The maximum atomic E-state index is 13.9. The molecular formula is C27H24N4O7S2. The van der Waals surface area contributed by atoms with Crippen molar-refractivity contribution in [3.8, 4) is 5.75 Å². The molecule has 3 aliphatic heterocycles. The summed E-state index contributed by atoms with van der Waals surface area (Å²) in [5, 5.41) is 10.8. The molecule has 4 heterocycles. The van der Waals surface area contributed by atoms with Gasteiger partial charge >= 0.3 is 4.87 Å². The molecule has 1 aromatic heterocycles. The van der Waals surface area contributed by atoms with Crippen molar-refractivity contribution in [3.63, 3.8) is 0 Å². The molecule has 13 heteroatoms. The quantitative estimate of drug-likeness (QED) is 0.265. The van der Waals surface area contributed by atoms with Crippen LogP contribution in [0.4, 0.5) is 11.4 Å². The van der Waals surface area contributed by atoms with E-state index in [2.05, 4.69) is 4.98 Å². The molecule has 0 unspecified atom stereocenters. The number of hydrogen-bond acceptors (Lipinski definition) is 9. The molecule has 0 spiro atoms. The van der Waals surface area contributed by atoms with Crippen molar-refractivity contribution in [2.45, 2.75) is 35.5 Å². The van der Waals surface area contributed by atoms with E-state index in [-0.39, 0.29) is 28.8 Å². The van der Waals surface area contributed by atoms with E-state index in [1.807, 2.05) is 0 Å². The van der Waals surface area contributed by atoms with E-state index in [9.17, 15) is 29.3 Å². The minimum Gasteiger partial charge on any atom is -0.483 e. The number of H-pyrrole nitrogens is 1. The molecule has 40 heavy (non-hydrogen) atoms. The number of carbonyl (C=O) groups is 3. The van der Waals surface area contributed by atoms with Gasteiger partial charge in [-0.25, -0.2) is 4.90 Å². The smallest absolute Gasteiger partial charge is 0.305 e. The van der Waals surface area contributed by atoms with Crippen molar-refractivity contribution >= 4 is 52.2 Å². The normalized spacial score (nSPS) is 22.1. The van der Waals surface area contributed by atoms with Gasteiger partial charge < -0.3 is 14.6 Å². The molecule has 2 fully saturated rings. The Balaban J connectivity index is 1.35. The molecule has 1 N–H and O–H groups in total. The summed E-state index contributed by atoms with van der Waals surface area (Å²) < 4.78 is 6.03. The van der Waals surface area contributed by atoms with E-state index in [0.29, 0.717) is 34.3 Å². The molecule has 2 saturated heterocycles. The summed E-state index contributed by atoms with van der Waals surface area (Å²) in [6.45, 7) is 1.23. The molecule has 2 aromatic carbocycles. The largest absolute Gasteiger partial charge is 0.483 e. The Morgan fingerprint density at radius 2 is 1.75 bits per heavy atom. The predicted octanol–water partition coefficient (Wildman–Crippen LogP) is 3.53. The Labute approximate surface area is 236 Å². The third-order valence-electron chi connectivity index (χ3n) is 7.46. The number of anilines is 1. The van der Waals surface area contributed by atoms with Crippen molar-refractivity contribution < 1.29 is 24.0 Å². The number of nitrogens with zero attached hydrogens (tertiary/aromatic N) is 3. The number of aromatic nitrogens is 1. The van der Waals surface area contributed by atoms with Crippen LogP contribution < -0.4 is 14.5 Å². The van der Waals surface area contributed by atoms with Crippen molar-refractivity contribution in [1.82, 2.24) is 9.88 Å². The van der Waals surface area contributed by atoms with E-state index >= 15 is 0 Å². The first-order valence-electron chi connectivity index (χ1n) is 12.8. The van der Waals surface area contributed by atoms with Crippen LogP contribution in [-0.2, 0) is 14.4 Å². The number of imide groups is 1. The monoisotopic (exact) mass is 580 g/mol. The second-order valence-electron chi connectivity index (χ2n) is 9.80. The number of rotatable bonds is 6. The van der Waals surface area contributed by atoms with Crippen LogP contribution in [0.5, 0.6) is 5.75 Å². The number of fused-ring (bicyclic) bond motifs is 2. The number of thiazole rings is 1. The van der Waals surface area contributed by atoms with Crippen LogP contribution in [-0.4, -0.2) is 57.5 Å². The number of non-ortho nitro benzene ring substituents is 1. The lowest BCUT2D eigenvalue weighted by Gasteiger charge is -2.31. The first-order valence-corrected chi connectivity index (χ1v) is 14.5. The zero-order chi connectivity index (χ0) is 28.0. The van der Waals surface area contributed by atoms with Gasteiger partial charge in [-0.2, -0.15) is 0 Å². The molecule has 11 nitrogen and oxygen atoms in total. The number of nitro benzene ring substituents is 1. The number of hydrogen-bond donors (Lipinski definition) is 1. The van der Waals surface area contributed by atoms with Gasteiger partial charge in [0, 0.05) is 41.6 Å². The molecule has 3 aliphatic rings. The minimum absolute atomic E-state index is 0.116. The number of nitro groups is 1. The van der Waals surface area contributed by atoms with Gasteiger partial charge in [0.2, 0.25) is 11.8 Å². The Hall–Kier alpha value is -3.97. The van der Waals surface area contributed by atoms with Crippen LogP contribution in [0.3, 0.4) is 0 Å². The van der Waals surface area contributed by atoms with Gasteiger partial charge in [-0.05, 0) is 37.5 Å². The Morgan fingerprint density at radius 1 is 1.02 bits per heavy atom. The van der Waals surface area contributed by atoms with Gasteiger partial charge in [0.25, 0.3) is 11.6 Å². The van der Waals surface area contributed by atoms with Crippen LogP contribution >= 0.6 is 23.1 Å². The van der Waals surface area contributed by atoms with Gasteiger partial charge in [-0.1, -0.05) is 41.3 Å². The molecule has 3 aromatic rings. The number of nitrogens with one attached hydrogen (secondary N) is 1. The number of carbonyl (C=O) groups excluding carboxylic acids is 3. The number of para-hydroxylation sites is 1. The summed E-state index contributed by atoms with van der Waals surface area (Å²) in [5.74, 6) is -2.16. The summed E-state index contributed by atoms with van der Waals surface area (Å²) in [7, 11) is 0. The van der Waals surface area contributed by atoms with E-state index < -0.39 is 33.8 Å². The van der Waals surface area contributed by atoms with Crippen LogP contribution in [0.1, 0.15) is 35.6 Å². The SMILES string of the molecule is O=C(COc1ccccc1[C@@H]1c2sc(=O)[nH]c2S[C@H]2C(=O)N(c3ccc([N+](=O)[O-])cc3)C(=O)[C@@H]12)N1CCCCC1. The first-order chi connectivity index (χ1) is 19.3. The summed E-state index contributed by atoms with van der Waals surface area (Å²) in [5.41, 5.74) is 0.688. The second kappa shape index (κ2) is 10.5. The van der Waals surface area contributed by atoms with Crippen LogP contribution in [0.15, 0.2) is 58.4 Å². The average molecular weight is 581 g/mol. The highest BCUT2D eigenvalue weighted by Crippen LogP contribution is 2.54. The zero-order valence-electron chi connectivity index (χ0n) is 21.1. The average Bonchev–Trinajstić information content (AvgIpc) is 3.46. The highest BCUT2D eigenvalue weighted by Gasteiger charge is 2.56. The molecule has 0 radical (unpaired) electrons. The number of amides is 3. The van der Waals surface area contributed by atoms with Crippen molar-refractivity contribution in [2.24, 2.45) is 5.92 Å². The maximum Gasteiger partial charge on any atom is 0.305 e. The molecule has 3 amide bonds. The number of thioether (sulfide) groups is 1. The minimum atomic E-state index is -0.853. The third kappa shape index (κ3) is 4.58. The number of piperidine rings is 1. The molecule has 3 atom stereocenters. The van der Waals surface area contributed by atoms with Gasteiger partial charge in [-0.3, -0.25) is 29.3 Å². The molecule has 0 saturated carbocycles. The Bertz CT molecular complexity index is 1560. The van der Waals surface area contributed by atoms with Crippen molar-refractivity contribution in [1.29, 1.82) is 0 Å². The third-order valence-corrected chi connectivity index (χ3v) is 9.86. The summed E-state index contributed by atoms with van der Waals surface area (Å²) in [4.78, 5) is 69.3. The molecule has 0 aliphatic carbocycles. The standard InChI is InChI=1S/C27H24N4O7S2/c32-19(29-12-4-1-5-13-29)14-38-18-7-3-2-6-17(18)20-21-23(39-24-22(20)40-27(35)28-24)26(34)30(25(21)33)15-8-10-16(11-9-15)31(36)37/h2-3,6-11,20-21,23H,1,4-5,12-14H2,(H,28,35)/t20-,21-,23+/m0/s1. The van der Waals surface area contributed by atoms with Crippen molar-refractivity contribution in [3.05, 3.63) is 78.8 Å². The highest BCUT2D eigenvalue weighted by molar-refractivity contribution is 8.00. The fourth-order valence-corrected chi connectivity index (χ4v) is 8.08. The fraction of sp³-hybridized carbons (Fsp3) is 0.333. The van der Waals surface area contributed by atoms with Crippen LogP contribution in [0, 0.1) is 16.0 Å². The predicted molar refractivity (Wildman–Crippen MR) is 148 cm³/mol. The van der Waals surface area contributed by atoms with E-state index in [1.165, 1.54) is 24.3 Å². The second-order valence-corrected chi connectivity index (χ2v) is 12.0. The van der Waals surface area contributed by atoms with E-state index in [1.54, 1.807) is 29.2 Å². The summed E-state index contributed by atoms with van der Waals surface area (Å²) >= 11 is 2.12. The van der Waals surface area contributed by atoms with E-state index in [0.717, 1.165) is 47.3 Å². The van der Waals surface area contributed by atoms with Gasteiger partial charge in [0.15, 0.2) is 6.61 Å². The lowest BCUT2D eigenvalue weighted by molar-refractivity contribution is -0.384. The Kier molecular flexibility index (Phi) is 6.92. The molecular weight excluding hydrogens is 556 g/mol. The first kappa shape index (κ1) is 26.3. The van der Waals surface area contributed by atoms with Gasteiger partial charge in [0.1, 0.15) is 11.0 Å². The fourth-order valence-electron chi connectivity index (χ4n) is 5.57. The molecule has 0 bridgehead atoms. The van der Waals surface area contributed by atoms with Crippen LogP contribution in [0.25, 0.3) is 0 Å². The summed E-state index contributed by atoms with van der Waals surface area (Å²) in [6, 6.07) is 12.3. The lowest BCUT2D eigenvalue weighted by atomic mass is 9.82. The molecule has 6 rings (SSSR count). The lowest BCUT2D eigenvalue weighted by Crippen LogP contribution is -2.38. The summed E-state index contributed by atoms with van der Waals surface area (Å²) in [6.07, 6.45) is 3.02.